The maximum Gasteiger partial charge on any atom is 0.320 e. The summed E-state index contributed by atoms with van der Waals surface area (Å²) in [5.41, 5.74) is 0. The first-order valence-electron chi connectivity index (χ1n) is 4.77. The van der Waals surface area contributed by atoms with Gasteiger partial charge >= 0.3 is 6.01 Å². The van der Waals surface area contributed by atoms with Gasteiger partial charge in [-0.15, -0.1) is 0 Å². The molecule has 1 heterocycles. The normalized spacial score (nSPS) is 12.7. The highest BCUT2D eigenvalue weighted by Gasteiger charge is 2.12. The van der Waals surface area contributed by atoms with Crippen molar-refractivity contribution in [3.05, 3.63) is 10.7 Å². The van der Waals surface area contributed by atoms with Crippen LogP contribution in [0.25, 0.3) is 0 Å². The number of methoxy groups -OCH3 is 1. The van der Waals surface area contributed by atoms with Crippen LogP contribution in [-0.2, 0) is 0 Å². The van der Waals surface area contributed by atoms with Crippen LogP contribution in [0.1, 0.15) is 20.8 Å². The molecule has 0 bridgehead atoms. The highest BCUT2D eigenvalue weighted by Crippen LogP contribution is 2.23. The maximum absolute atomic E-state index is 5.55. The first-order valence-corrected chi connectivity index (χ1v) is 5.57. The Labute approximate surface area is 98.2 Å². The number of hydrogen-bond donors (Lipinski definition) is 0. The summed E-state index contributed by atoms with van der Waals surface area (Å²) < 4.78 is 11.3. The van der Waals surface area contributed by atoms with E-state index in [1.54, 1.807) is 13.3 Å². The van der Waals surface area contributed by atoms with E-state index in [1.165, 1.54) is 0 Å². The van der Waals surface area contributed by atoms with Crippen LogP contribution in [0.5, 0.6) is 11.9 Å². The van der Waals surface area contributed by atoms with Crippen molar-refractivity contribution in [3.63, 3.8) is 0 Å². The quantitative estimate of drug-likeness (QED) is 0.847. The van der Waals surface area contributed by atoms with Gasteiger partial charge in [-0.25, -0.2) is 4.98 Å². The Hall–Kier alpha value is -0.840. The molecule has 0 aliphatic carbocycles. The number of aromatic nitrogens is 2. The largest absolute Gasteiger partial charge is 0.480 e. The molecule has 84 valence electrons. The van der Waals surface area contributed by atoms with Crippen molar-refractivity contribution in [2.45, 2.75) is 26.9 Å². The molecule has 5 heteroatoms. The van der Waals surface area contributed by atoms with Crippen molar-refractivity contribution in [1.29, 1.82) is 0 Å². The van der Waals surface area contributed by atoms with Gasteiger partial charge in [-0.2, -0.15) is 4.98 Å². The molecular weight excluding hydrogens is 260 g/mol. The van der Waals surface area contributed by atoms with Crippen molar-refractivity contribution in [2.75, 3.05) is 7.11 Å². The molecule has 0 aliphatic rings. The standard InChI is InChI=1S/C10H15BrN2O2/c1-6(2)7(3)15-10-12-5-8(11)9(13-10)14-4/h5-7H,1-4H3. The topological polar surface area (TPSA) is 44.2 Å². The lowest BCUT2D eigenvalue weighted by Gasteiger charge is -2.16. The smallest absolute Gasteiger partial charge is 0.320 e. The van der Waals surface area contributed by atoms with Crippen LogP contribution < -0.4 is 9.47 Å². The lowest BCUT2D eigenvalue weighted by molar-refractivity contribution is 0.154. The Morgan fingerprint density at radius 3 is 2.53 bits per heavy atom. The molecule has 0 saturated carbocycles. The SMILES string of the molecule is COc1nc(OC(C)C(C)C)ncc1Br. The first-order chi connectivity index (χ1) is 7.04. The highest BCUT2D eigenvalue weighted by atomic mass is 79.9. The van der Waals surface area contributed by atoms with Crippen molar-refractivity contribution in [3.8, 4) is 11.9 Å². The van der Waals surface area contributed by atoms with Gasteiger partial charge in [0.2, 0.25) is 5.88 Å². The van der Waals surface area contributed by atoms with Crippen molar-refractivity contribution in [2.24, 2.45) is 5.92 Å². The molecule has 0 fully saturated rings. The third-order valence-electron chi connectivity index (χ3n) is 2.11. The number of nitrogens with zero attached hydrogens (tertiary/aromatic N) is 2. The first kappa shape index (κ1) is 12.2. The van der Waals surface area contributed by atoms with Gasteiger partial charge in [-0.05, 0) is 28.8 Å². The van der Waals surface area contributed by atoms with Crippen molar-refractivity contribution in [1.82, 2.24) is 9.97 Å². The van der Waals surface area contributed by atoms with Gasteiger partial charge in [-0.3, -0.25) is 0 Å². The molecule has 4 nitrogen and oxygen atoms in total. The molecule has 0 radical (unpaired) electrons. The van der Waals surface area contributed by atoms with Gasteiger partial charge in [0.25, 0.3) is 0 Å². The third kappa shape index (κ3) is 3.34. The highest BCUT2D eigenvalue weighted by molar-refractivity contribution is 9.10. The maximum atomic E-state index is 5.55. The zero-order valence-electron chi connectivity index (χ0n) is 9.32. The van der Waals surface area contributed by atoms with Gasteiger partial charge < -0.3 is 9.47 Å². The predicted molar refractivity (Wildman–Crippen MR) is 61.2 cm³/mol. The van der Waals surface area contributed by atoms with Crippen LogP contribution in [0.3, 0.4) is 0 Å². The molecule has 0 aliphatic heterocycles. The molecule has 0 N–H and O–H groups in total. The van der Waals surface area contributed by atoms with Crippen LogP contribution in [0.4, 0.5) is 0 Å². The average molecular weight is 275 g/mol. The molecule has 1 unspecified atom stereocenters. The Bertz CT molecular complexity index is 331. The van der Waals surface area contributed by atoms with E-state index in [0.717, 1.165) is 4.47 Å². The van der Waals surface area contributed by atoms with E-state index in [2.05, 4.69) is 39.7 Å². The fraction of sp³-hybridized carbons (Fsp3) is 0.600. The van der Waals surface area contributed by atoms with Crippen molar-refractivity contribution >= 4 is 15.9 Å². The summed E-state index contributed by atoms with van der Waals surface area (Å²) in [6.45, 7) is 6.16. The van der Waals surface area contributed by atoms with Gasteiger partial charge in [0.15, 0.2) is 0 Å². The fourth-order valence-corrected chi connectivity index (χ4v) is 1.19. The van der Waals surface area contributed by atoms with Crippen LogP contribution in [0.2, 0.25) is 0 Å². The van der Waals surface area contributed by atoms with E-state index >= 15 is 0 Å². The molecule has 1 atom stereocenters. The fourth-order valence-electron chi connectivity index (χ4n) is 0.839. The van der Waals surface area contributed by atoms with Crippen LogP contribution >= 0.6 is 15.9 Å². The molecule has 1 aromatic heterocycles. The number of ether oxygens (including phenoxy) is 2. The minimum Gasteiger partial charge on any atom is -0.480 e. The second kappa shape index (κ2) is 5.30. The molecule has 0 spiro atoms. The summed E-state index contributed by atoms with van der Waals surface area (Å²) in [5, 5.41) is 0. The van der Waals surface area contributed by atoms with Gasteiger partial charge in [-0.1, -0.05) is 13.8 Å². The van der Waals surface area contributed by atoms with Crippen LogP contribution in [-0.4, -0.2) is 23.2 Å². The molecule has 0 amide bonds. The Balaban J connectivity index is 2.78. The van der Waals surface area contributed by atoms with E-state index < -0.39 is 0 Å². The minimum atomic E-state index is 0.0795. The number of rotatable bonds is 4. The number of hydrogen-bond acceptors (Lipinski definition) is 4. The molecule has 1 rings (SSSR count). The third-order valence-corrected chi connectivity index (χ3v) is 2.66. The van der Waals surface area contributed by atoms with E-state index in [1.807, 2.05) is 6.92 Å². The van der Waals surface area contributed by atoms with Gasteiger partial charge in [0.05, 0.1) is 17.8 Å². The average Bonchev–Trinajstić information content (AvgIpc) is 2.20. The number of halogens is 1. The Morgan fingerprint density at radius 2 is 2.00 bits per heavy atom. The van der Waals surface area contributed by atoms with Gasteiger partial charge in [0.1, 0.15) is 6.10 Å². The van der Waals surface area contributed by atoms with E-state index in [4.69, 9.17) is 9.47 Å². The van der Waals surface area contributed by atoms with E-state index in [0.29, 0.717) is 17.8 Å². The summed E-state index contributed by atoms with van der Waals surface area (Å²) in [5.74, 6) is 0.902. The zero-order chi connectivity index (χ0) is 11.4. The summed E-state index contributed by atoms with van der Waals surface area (Å²) in [6, 6.07) is 0.344. The molecule has 0 saturated heterocycles. The van der Waals surface area contributed by atoms with Crippen LogP contribution in [0.15, 0.2) is 10.7 Å². The lowest BCUT2D eigenvalue weighted by Crippen LogP contribution is -2.19. The van der Waals surface area contributed by atoms with E-state index in [-0.39, 0.29) is 6.10 Å². The second-order valence-electron chi connectivity index (χ2n) is 3.58. The van der Waals surface area contributed by atoms with Crippen LogP contribution in [0, 0.1) is 5.92 Å². The zero-order valence-corrected chi connectivity index (χ0v) is 10.9. The van der Waals surface area contributed by atoms with Gasteiger partial charge in [0, 0.05) is 0 Å². The minimum absolute atomic E-state index is 0.0795. The Morgan fingerprint density at radius 1 is 1.33 bits per heavy atom. The predicted octanol–water partition coefficient (Wildman–Crippen LogP) is 2.67. The summed E-state index contributed by atoms with van der Waals surface area (Å²) in [4.78, 5) is 8.16. The molecule has 0 aromatic carbocycles. The van der Waals surface area contributed by atoms with E-state index in [9.17, 15) is 0 Å². The summed E-state index contributed by atoms with van der Waals surface area (Å²) >= 11 is 3.28. The molecular formula is C10H15BrN2O2. The van der Waals surface area contributed by atoms with Crippen molar-refractivity contribution < 1.29 is 9.47 Å². The second-order valence-corrected chi connectivity index (χ2v) is 4.43. The molecule has 15 heavy (non-hydrogen) atoms. The monoisotopic (exact) mass is 274 g/mol. The summed E-state index contributed by atoms with van der Waals surface area (Å²) in [7, 11) is 1.56. The summed E-state index contributed by atoms with van der Waals surface area (Å²) in [6.07, 6.45) is 1.70. The lowest BCUT2D eigenvalue weighted by atomic mass is 10.1. The Kier molecular flexibility index (Phi) is 4.32. The molecule has 1 aromatic rings.